The average Bonchev–Trinajstić information content (AvgIpc) is 1.32. The van der Waals surface area contributed by atoms with E-state index in [1.54, 1.807) is 108 Å². The van der Waals surface area contributed by atoms with Crippen molar-refractivity contribution in [1.82, 2.24) is 78.9 Å². The Morgan fingerprint density at radius 3 is 1.27 bits per heavy atom. The van der Waals surface area contributed by atoms with Crippen LogP contribution in [0.1, 0.15) is 109 Å². The molecule has 3 aromatic carbocycles. The minimum absolute atomic E-state index is 0.0179. The van der Waals surface area contributed by atoms with Gasteiger partial charge in [-0.3, -0.25) is 38.4 Å². The lowest BCUT2D eigenvalue weighted by molar-refractivity contribution is -0.128. The predicted molar refractivity (Wildman–Crippen MR) is 525 cm³/mol. The number of aliphatic imine (C=N–C) groups is 1. The van der Waals surface area contributed by atoms with Gasteiger partial charge in [0.2, 0.25) is 35.6 Å². The molecular weight excluding hydrogens is 1740 g/mol. The van der Waals surface area contributed by atoms with Crippen LogP contribution < -0.4 is 68.2 Å². The summed E-state index contributed by atoms with van der Waals surface area (Å²) in [5.41, 5.74) is 8.46. The summed E-state index contributed by atoms with van der Waals surface area (Å²) in [5, 5.41) is 27.1. The van der Waals surface area contributed by atoms with Gasteiger partial charge in [-0.1, -0.05) is 111 Å². The third-order valence-corrected chi connectivity index (χ3v) is 26.8. The van der Waals surface area contributed by atoms with E-state index < -0.39 is 0 Å². The number of fused-ring (bicyclic) bond motifs is 4. The lowest BCUT2D eigenvalue weighted by atomic mass is 9.87. The van der Waals surface area contributed by atoms with E-state index in [1.165, 1.54) is 25.7 Å². The molecule has 18 rings (SSSR count). The van der Waals surface area contributed by atoms with Crippen molar-refractivity contribution < 1.29 is 14.4 Å². The molecule has 0 saturated carbocycles. The number of piperidine rings is 4. The van der Waals surface area contributed by atoms with Crippen molar-refractivity contribution in [2.24, 2.45) is 55.7 Å². The number of hydrogen-bond donors (Lipinski definition) is 6. The van der Waals surface area contributed by atoms with Crippen LogP contribution in [0.4, 0.5) is 64.1 Å². The first kappa shape index (κ1) is 93.1. The van der Waals surface area contributed by atoms with Gasteiger partial charge in [0, 0.05) is 186 Å². The number of likely N-dealkylation sites (N-methyl/N-ethyl adjacent to an activating group) is 3. The third kappa shape index (κ3) is 22.2. The number of rotatable bonds is 21. The van der Waals surface area contributed by atoms with Gasteiger partial charge in [-0.05, 0) is 160 Å². The molecule has 6 aliphatic heterocycles. The Labute approximate surface area is 780 Å². The molecule has 8 aromatic heterocycles. The maximum atomic E-state index is 12.9. The van der Waals surface area contributed by atoms with Crippen LogP contribution in [0.25, 0.3) is 38.3 Å². The molecule has 2 atom stereocenters. The molecule has 35 heteroatoms. The number of carbonyl (C=O) groups is 3. The summed E-state index contributed by atoms with van der Waals surface area (Å²) in [6.07, 6.45) is 33.8. The van der Waals surface area contributed by atoms with E-state index in [1.807, 2.05) is 98.2 Å². The minimum Gasteiger partial charge on any atom is -0.359 e. The lowest BCUT2D eigenvalue weighted by Gasteiger charge is -2.37. The zero-order valence-electron chi connectivity index (χ0n) is 75.4. The molecule has 1 aliphatic carbocycles. The quantitative estimate of drug-likeness (QED) is 0.0389. The molecule has 0 bridgehead atoms. The summed E-state index contributed by atoms with van der Waals surface area (Å²) in [4.78, 5) is 126. The standard InChI is InChI=1S/C25H30ClN7O.C24H29ClN6O2.C24H25ClN6O.C23H27ClN6O2/c1-3-17-7-11-32(12-8-17)25-27-15-21(26)23(30-25)29-20-5-6-22-18(14-20)13-19(24(34)31(22)2)16-33-10-4-9-28-33;1-4-15-7-9-31(10-8-15)24-27-14-19(25)22(29-24)28-18-5-6-20-16(12-18)11-17(13-21(32)26-2)23(33)30(20)3;1-15-6-9-31(10-7-15)24-27-14-20(25)22(29-24)28-18-3-4-21-17(11-18)12-19(23(32)30(21)2)16-5-8-26-13-16;1-14-6-8-30(9-7-14)23-26-13-18(24)21(28-23)27-17-4-5-19-15(11-17)10-16(12-20(31)25-2)22(32)29(19)3/h4-6,9-10,13-15,17-18,22H,3,7-8,11-12,16H2,1-2H3,(H,27,29,30);5-6,11-12,14-15H,4,7-10,13H2,1-3H3,(H,26,32)(H,27,28,29);3-5,11-15H,6-10H2,1-2H3,(H,27,28,29);4-5,10-11,13-14H,6-9,12H2,1-3H3,(H,25,31)(H,26,27,28). The lowest BCUT2D eigenvalue weighted by Crippen LogP contribution is -2.45. The van der Waals surface area contributed by atoms with Gasteiger partial charge < -0.3 is 70.1 Å². The highest BCUT2D eigenvalue weighted by Crippen LogP contribution is 2.37. The summed E-state index contributed by atoms with van der Waals surface area (Å²) in [7, 11) is 10.2. The SMILES string of the molecule is CC1CCN(c2ncc(Cl)c(Nc3ccc4c(c3)cc(C3=CCN=C3)c(=O)n4C)n2)CC1.CCC1CCN(c2ncc(Cl)c(NC3=CC4C=C(Cn5cccn5)C(=O)N(C)C4C=C3)n2)CC1.CCC1CCN(c2ncc(Cl)c(Nc3ccc4c(c3)cc(CC(=O)NC)c(=O)n4C)n2)CC1.CNC(=O)Cc1cc2cc(Nc3nc(N4CCC(C)CC4)ncc3Cl)ccc2n(C)c1=O. The van der Waals surface area contributed by atoms with E-state index in [9.17, 15) is 28.8 Å². The number of carbonyl (C=O) groups excluding carboxylic acids is 3. The Kier molecular flexibility index (Phi) is 29.9. The van der Waals surface area contributed by atoms with Crippen molar-refractivity contribution in [2.45, 2.75) is 117 Å². The highest BCUT2D eigenvalue weighted by molar-refractivity contribution is 6.34. The predicted octanol–water partition coefficient (Wildman–Crippen LogP) is 15.2. The van der Waals surface area contributed by atoms with Crippen molar-refractivity contribution in [1.29, 1.82) is 0 Å². The number of nitrogens with zero attached hydrogens (tertiary/aromatic N) is 19. The largest absolute Gasteiger partial charge is 0.359 e. The number of aromatic nitrogens is 13. The van der Waals surface area contributed by atoms with Crippen LogP contribution in [0.2, 0.25) is 20.1 Å². The third-order valence-electron chi connectivity index (χ3n) is 25.7. The molecular formula is C96H111Cl4N25O6. The van der Waals surface area contributed by atoms with Crippen molar-refractivity contribution in [3.8, 4) is 0 Å². The molecule has 4 fully saturated rings. The highest BCUT2D eigenvalue weighted by atomic mass is 35.5. The monoisotopic (exact) mass is 1850 g/mol. The van der Waals surface area contributed by atoms with Crippen LogP contribution in [0, 0.1) is 29.6 Å². The Balaban J connectivity index is 0.000000134. The van der Waals surface area contributed by atoms with Crippen LogP contribution in [0.15, 0.2) is 177 Å². The normalized spacial score (nSPS) is 17.2. The van der Waals surface area contributed by atoms with Crippen molar-refractivity contribution in [3.63, 3.8) is 0 Å². The Morgan fingerprint density at radius 2 is 0.885 bits per heavy atom. The minimum atomic E-state index is -0.205. The number of hydrogen-bond acceptors (Lipinski definition) is 24. The number of benzene rings is 3. The number of allylic oxidation sites excluding steroid dienone is 2. The zero-order chi connectivity index (χ0) is 92.3. The fraction of sp³-hybridized carbons (Fsp3) is 0.396. The second-order valence-electron chi connectivity index (χ2n) is 34.5. The Bertz CT molecular complexity index is 6420. The fourth-order valence-electron chi connectivity index (χ4n) is 17.4. The molecule has 4 saturated heterocycles. The number of halogens is 4. The second-order valence-corrected chi connectivity index (χ2v) is 36.1. The van der Waals surface area contributed by atoms with Gasteiger partial charge in [-0.2, -0.15) is 25.0 Å². The number of nitrogens with one attached hydrogen (secondary N) is 6. The Hall–Kier alpha value is -12.6. The number of pyridine rings is 3. The molecule has 2 unspecified atom stereocenters. The zero-order valence-corrected chi connectivity index (χ0v) is 78.4. The molecule has 684 valence electrons. The van der Waals surface area contributed by atoms with Crippen molar-refractivity contribution >= 4 is 173 Å². The smallest absolute Gasteiger partial charge is 0.258 e. The summed E-state index contributed by atoms with van der Waals surface area (Å²) in [6, 6.07) is 24.5. The number of anilines is 11. The molecule has 131 heavy (non-hydrogen) atoms. The molecule has 3 amide bonds. The van der Waals surface area contributed by atoms with Crippen LogP contribution in [0.5, 0.6) is 0 Å². The van der Waals surface area contributed by atoms with E-state index >= 15 is 0 Å². The van der Waals surface area contributed by atoms with Gasteiger partial charge in [-0.15, -0.1) is 0 Å². The number of aryl methyl sites for hydroxylation is 3. The van der Waals surface area contributed by atoms with Crippen LogP contribution in [0.3, 0.4) is 0 Å². The molecule has 7 aliphatic rings. The first-order valence-electron chi connectivity index (χ1n) is 44.8. The van der Waals surface area contributed by atoms with Crippen LogP contribution in [-0.4, -0.2) is 178 Å². The van der Waals surface area contributed by atoms with Crippen LogP contribution >= 0.6 is 46.4 Å². The van der Waals surface area contributed by atoms with Crippen molar-refractivity contribution in [3.05, 3.63) is 226 Å². The van der Waals surface area contributed by atoms with E-state index in [4.69, 9.17) is 56.4 Å². The van der Waals surface area contributed by atoms with Gasteiger partial charge in [0.25, 0.3) is 22.6 Å². The molecule has 0 radical (unpaired) electrons. The van der Waals surface area contributed by atoms with E-state index in [2.05, 4.69) is 131 Å². The summed E-state index contributed by atoms with van der Waals surface area (Å²) < 4.78 is 6.57. The second kappa shape index (κ2) is 42.1. The van der Waals surface area contributed by atoms with E-state index in [0.29, 0.717) is 96.9 Å². The molecule has 31 nitrogen and oxygen atoms in total. The van der Waals surface area contributed by atoms with E-state index in [-0.39, 0.29) is 59.2 Å². The maximum Gasteiger partial charge on any atom is 0.258 e. The van der Waals surface area contributed by atoms with Gasteiger partial charge in [0.1, 0.15) is 20.1 Å². The summed E-state index contributed by atoms with van der Waals surface area (Å²) in [5.74, 6) is 7.68. The summed E-state index contributed by atoms with van der Waals surface area (Å²) in [6.45, 7) is 17.7. The molecule has 14 heterocycles. The first-order chi connectivity index (χ1) is 63.2. The van der Waals surface area contributed by atoms with Gasteiger partial charge in [0.15, 0.2) is 23.3 Å². The van der Waals surface area contributed by atoms with E-state index in [0.717, 1.165) is 181 Å². The first-order valence-corrected chi connectivity index (χ1v) is 46.3. The Morgan fingerprint density at radius 1 is 0.489 bits per heavy atom. The summed E-state index contributed by atoms with van der Waals surface area (Å²) >= 11 is 25.6. The molecule has 11 aromatic rings. The number of amides is 3. The topological polar surface area (TPSA) is 339 Å². The van der Waals surface area contributed by atoms with Crippen LogP contribution in [-0.2, 0) is 54.9 Å². The van der Waals surface area contributed by atoms with Gasteiger partial charge >= 0.3 is 0 Å². The van der Waals surface area contributed by atoms with Gasteiger partial charge in [0.05, 0.1) is 73.3 Å². The maximum absolute atomic E-state index is 12.9. The highest BCUT2D eigenvalue weighted by Gasteiger charge is 2.35. The molecule has 6 N–H and O–H groups in total. The fourth-order valence-corrected chi connectivity index (χ4v) is 18.0. The molecule has 0 spiro atoms. The van der Waals surface area contributed by atoms with Gasteiger partial charge in [-0.25, -0.2) is 19.9 Å². The van der Waals surface area contributed by atoms with Crippen molar-refractivity contribution in [2.75, 3.05) is 121 Å². The average molecular weight is 1850 g/mol.